The molecule has 2 nitrogen and oxygen atoms in total. The first-order valence-electron chi connectivity index (χ1n) is 6.59. The summed E-state index contributed by atoms with van der Waals surface area (Å²) in [7, 11) is 0. The van der Waals surface area contributed by atoms with Crippen LogP contribution in [0, 0.1) is 0 Å². The highest BCUT2D eigenvalue weighted by Gasteiger charge is 2.11. The standard InChI is InChI=1S/C17H13NOS2/c19-16(12-13-6-2-1-3-7-13)21-17(20)18-11-10-14-8-4-5-9-15(14)18/h1-11H,12H2. The van der Waals surface area contributed by atoms with Crippen molar-refractivity contribution in [3.05, 3.63) is 72.4 Å². The molecule has 4 heteroatoms. The van der Waals surface area contributed by atoms with E-state index in [1.165, 1.54) is 0 Å². The molecule has 0 aliphatic rings. The second kappa shape index (κ2) is 6.24. The van der Waals surface area contributed by atoms with E-state index in [-0.39, 0.29) is 5.12 Å². The Morgan fingerprint density at radius 3 is 2.52 bits per heavy atom. The van der Waals surface area contributed by atoms with Gasteiger partial charge in [0.25, 0.3) is 0 Å². The van der Waals surface area contributed by atoms with Crippen LogP contribution in [-0.4, -0.2) is 14.0 Å². The molecule has 0 fully saturated rings. The molecule has 3 rings (SSSR count). The third kappa shape index (κ3) is 3.23. The molecule has 1 aromatic heterocycles. The van der Waals surface area contributed by atoms with E-state index in [1.54, 1.807) is 0 Å². The normalized spacial score (nSPS) is 10.7. The van der Waals surface area contributed by atoms with Crippen molar-refractivity contribution in [2.75, 3.05) is 0 Å². The first-order chi connectivity index (χ1) is 10.2. The van der Waals surface area contributed by atoms with Gasteiger partial charge in [0.2, 0.25) is 0 Å². The predicted octanol–water partition coefficient (Wildman–Crippen LogP) is 4.28. The maximum absolute atomic E-state index is 12.1. The zero-order chi connectivity index (χ0) is 14.7. The molecule has 0 atom stereocenters. The minimum atomic E-state index is 0.0592. The third-order valence-electron chi connectivity index (χ3n) is 3.19. The Bertz CT molecular complexity index is 793. The van der Waals surface area contributed by atoms with E-state index < -0.39 is 0 Å². The summed E-state index contributed by atoms with van der Waals surface area (Å²) < 4.78 is 2.45. The Labute approximate surface area is 132 Å². The number of carbonyl (C=O) groups is 1. The third-order valence-corrected chi connectivity index (χ3v) is 4.38. The van der Waals surface area contributed by atoms with Gasteiger partial charge < -0.3 is 4.57 Å². The fourth-order valence-electron chi connectivity index (χ4n) is 2.19. The monoisotopic (exact) mass is 311 g/mol. The zero-order valence-electron chi connectivity index (χ0n) is 11.2. The average Bonchev–Trinajstić information content (AvgIpc) is 2.92. The number of fused-ring (bicyclic) bond motifs is 1. The minimum absolute atomic E-state index is 0.0592. The van der Waals surface area contributed by atoms with Crippen molar-refractivity contribution >= 4 is 44.3 Å². The van der Waals surface area contributed by atoms with Crippen molar-refractivity contribution in [1.82, 2.24) is 4.57 Å². The number of aromatic nitrogens is 1. The molecule has 21 heavy (non-hydrogen) atoms. The summed E-state index contributed by atoms with van der Waals surface area (Å²) in [5.74, 6) is 0. The fraction of sp³-hybridized carbons (Fsp3) is 0.0588. The molecule has 0 aliphatic carbocycles. The molecular formula is C17H13NOS2. The highest BCUT2D eigenvalue weighted by Crippen LogP contribution is 2.20. The van der Waals surface area contributed by atoms with Crippen molar-refractivity contribution in [1.29, 1.82) is 0 Å². The molecule has 1 heterocycles. The van der Waals surface area contributed by atoms with Crippen LogP contribution < -0.4 is 0 Å². The van der Waals surface area contributed by atoms with Crippen molar-refractivity contribution in [2.45, 2.75) is 6.42 Å². The molecule has 0 unspecified atom stereocenters. The lowest BCUT2D eigenvalue weighted by Gasteiger charge is -2.06. The SMILES string of the molecule is O=C(Cc1ccccc1)SC(=S)n1ccc2ccccc21. The van der Waals surface area contributed by atoms with E-state index >= 15 is 0 Å². The summed E-state index contributed by atoms with van der Waals surface area (Å²) in [4.78, 5) is 12.1. The lowest BCUT2D eigenvalue weighted by molar-refractivity contribution is -0.110. The first kappa shape index (κ1) is 14.0. The molecule has 3 aromatic rings. The summed E-state index contributed by atoms with van der Waals surface area (Å²) in [5, 5.41) is 1.18. The fourth-order valence-corrected chi connectivity index (χ4v) is 3.32. The Morgan fingerprint density at radius 2 is 1.71 bits per heavy atom. The molecule has 0 amide bonds. The maximum atomic E-state index is 12.1. The van der Waals surface area contributed by atoms with Crippen LogP contribution in [0.2, 0.25) is 0 Å². The van der Waals surface area contributed by atoms with Gasteiger partial charge in [-0.15, -0.1) is 0 Å². The molecule has 0 saturated heterocycles. The van der Waals surface area contributed by atoms with Crippen LogP contribution in [-0.2, 0) is 11.2 Å². The van der Waals surface area contributed by atoms with Crippen molar-refractivity contribution in [3.63, 3.8) is 0 Å². The van der Waals surface area contributed by atoms with Crippen LogP contribution in [0.4, 0.5) is 0 Å². The molecule has 0 saturated carbocycles. The number of rotatable bonds is 2. The summed E-state index contributed by atoms with van der Waals surface area (Å²) in [6.07, 6.45) is 2.31. The topological polar surface area (TPSA) is 22.0 Å². The van der Waals surface area contributed by atoms with E-state index in [1.807, 2.05) is 71.4 Å². The highest BCUT2D eigenvalue weighted by atomic mass is 32.2. The number of benzene rings is 2. The number of nitrogens with zero attached hydrogens (tertiary/aromatic N) is 1. The van der Waals surface area contributed by atoms with Crippen LogP contribution in [0.15, 0.2) is 66.9 Å². The van der Waals surface area contributed by atoms with Gasteiger partial charge in [0.1, 0.15) is 0 Å². The largest absolute Gasteiger partial charge is 0.302 e. The highest BCUT2D eigenvalue weighted by molar-refractivity contribution is 8.32. The van der Waals surface area contributed by atoms with Gasteiger partial charge in [0.15, 0.2) is 9.44 Å². The van der Waals surface area contributed by atoms with Crippen LogP contribution in [0.5, 0.6) is 0 Å². The molecule has 0 bridgehead atoms. The average molecular weight is 311 g/mol. The number of carbonyl (C=O) groups excluding carboxylic acids is 1. The van der Waals surface area contributed by atoms with Gasteiger partial charge in [-0.25, -0.2) is 0 Å². The van der Waals surface area contributed by atoms with E-state index in [9.17, 15) is 4.79 Å². The van der Waals surface area contributed by atoms with E-state index in [2.05, 4.69) is 0 Å². The van der Waals surface area contributed by atoms with Gasteiger partial charge in [-0.2, -0.15) is 0 Å². The molecule has 0 N–H and O–H groups in total. The second-order valence-electron chi connectivity index (χ2n) is 4.65. The van der Waals surface area contributed by atoms with Crippen molar-refractivity contribution in [3.8, 4) is 0 Å². The minimum Gasteiger partial charge on any atom is -0.302 e. The summed E-state index contributed by atoms with van der Waals surface area (Å²) in [5.41, 5.74) is 2.04. The number of thioether (sulfide) groups is 1. The Kier molecular flexibility index (Phi) is 4.18. The van der Waals surface area contributed by atoms with Crippen LogP contribution in [0.25, 0.3) is 10.9 Å². The van der Waals surface area contributed by atoms with Gasteiger partial charge in [0.05, 0.1) is 5.52 Å². The second-order valence-corrected chi connectivity index (χ2v) is 6.34. The number of hydrogen-bond acceptors (Lipinski definition) is 3. The molecule has 104 valence electrons. The van der Waals surface area contributed by atoms with Gasteiger partial charge >= 0.3 is 0 Å². The van der Waals surface area contributed by atoms with Crippen LogP contribution in [0.3, 0.4) is 0 Å². The Morgan fingerprint density at radius 1 is 1.00 bits per heavy atom. The zero-order valence-corrected chi connectivity index (χ0v) is 12.9. The smallest absolute Gasteiger partial charge is 0.200 e. The summed E-state index contributed by atoms with van der Waals surface area (Å²) in [6, 6.07) is 19.7. The summed E-state index contributed by atoms with van der Waals surface area (Å²) >= 11 is 6.52. The number of para-hydroxylation sites is 1. The van der Waals surface area contributed by atoms with Gasteiger partial charge in [-0.3, -0.25) is 4.79 Å². The molecule has 2 aromatic carbocycles. The van der Waals surface area contributed by atoms with Crippen molar-refractivity contribution < 1.29 is 4.79 Å². The van der Waals surface area contributed by atoms with E-state index in [0.717, 1.165) is 28.2 Å². The molecule has 0 radical (unpaired) electrons. The van der Waals surface area contributed by atoms with Crippen molar-refractivity contribution in [2.24, 2.45) is 0 Å². The van der Waals surface area contributed by atoms with Gasteiger partial charge in [0, 0.05) is 12.6 Å². The predicted molar refractivity (Wildman–Crippen MR) is 92.7 cm³/mol. The number of hydrogen-bond donors (Lipinski definition) is 0. The summed E-state index contributed by atoms with van der Waals surface area (Å²) in [6.45, 7) is 0. The maximum Gasteiger partial charge on any atom is 0.200 e. The number of thiocarbonyl (C=S) groups is 1. The van der Waals surface area contributed by atoms with Gasteiger partial charge in [-0.1, -0.05) is 60.7 Å². The first-order valence-corrected chi connectivity index (χ1v) is 7.81. The molecule has 0 aliphatic heterocycles. The quantitative estimate of drug-likeness (QED) is 0.660. The molecular weight excluding hydrogens is 298 g/mol. The molecule has 0 spiro atoms. The van der Waals surface area contributed by atoms with Gasteiger partial charge in [-0.05, 0) is 34.8 Å². The lowest BCUT2D eigenvalue weighted by atomic mass is 10.2. The van der Waals surface area contributed by atoms with Crippen LogP contribution >= 0.6 is 24.0 Å². The van der Waals surface area contributed by atoms with E-state index in [0.29, 0.717) is 10.7 Å². The Hall–Kier alpha value is -1.91. The lowest BCUT2D eigenvalue weighted by Crippen LogP contribution is -2.08. The van der Waals surface area contributed by atoms with Crippen LogP contribution in [0.1, 0.15) is 5.56 Å². The van der Waals surface area contributed by atoms with E-state index in [4.69, 9.17) is 12.2 Å². The Balaban J connectivity index is 1.73.